The SMILES string of the molecule is CCc1nc(C(=O)N2CCC(C)C(N)C2)n[nH]1. The molecule has 1 fully saturated rings. The molecule has 1 aliphatic heterocycles. The molecule has 1 amide bonds. The third kappa shape index (κ3) is 2.46. The standard InChI is InChI=1S/C11H19N5O/c1-3-9-13-10(15-14-9)11(17)16-5-4-7(2)8(12)6-16/h7-8H,3-6,12H2,1-2H3,(H,13,14,15). The molecule has 0 radical (unpaired) electrons. The Balaban J connectivity index is 2.05. The highest BCUT2D eigenvalue weighted by Gasteiger charge is 2.28. The molecule has 1 saturated heterocycles. The number of amides is 1. The Kier molecular flexibility index (Phi) is 3.42. The Morgan fingerprint density at radius 3 is 3.00 bits per heavy atom. The highest BCUT2D eigenvalue weighted by molar-refractivity contribution is 5.90. The summed E-state index contributed by atoms with van der Waals surface area (Å²) < 4.78 is 0. The summed E-state index contributed by atoms with van der Waals surface area (Å²) in [6.45, 7) is 5.42. The number of carbonyl (C=O) groups is 1. The number of nitrogens with one attached hydrogen (secondary N) is 1. The minimum Gasteiger partial charge on any atom is -0.334 e. The second-order valence-electron chi connectivity index (χ2n) is 4.64. The molecule has 0 aliphatic carbocycles. The van der Waals surface area contributed by atoms with Crippen molar-refractivity contribution in [2.45, 2.75) is 32.7 Å². The largest absolute Gasteiger partial charge is 0.334 e. The van der Waals surface area contributed by atoms with E-state index in [1.807, 2.05) is 6.92 Å². The van der Waals surface area contributed by atoms with E-state index >= 15 is 0 Å². The Labute approximate surface area is 101 Å². The van der Waals surface area contributed by atoms with Crippen molar-refractivity contribution in [1.29, 1.82) is 0 Å². The smallest absolute Gasteiger partial charge is 0.293 e. The first-order valence-corrected chi connectivity index (χ1v) is 6.08. The van der Waals surface area contributed by atoms with Crippen molar-refractivity contribution in [2.24, 2.45) is 11.7 Å². The molecular formula is C11H19N5O. The lowest BCUT2D eigenvalue weighted by molar-refractivity contribution is 0.0660. The van der Waals surface area contributed by atoms with Crippen LogP contribution in [-0.4, -0.2) is 45.1 Å². The first-order valence-electron chi connectivity index (χ1n) is 6.08. The van der Waals surface area contributed by atoms with Gasteiger partial charge in [0.1, 0.15) is 5.82 Å². The van der Waals surface area contributed by atoms with Gasteiger partial charge in [-0.3, -0.25) is 9.89 Å². The van der Waals surface area contributed by atoms with Gasteiger partial charge in [-0.15, -0.1) is 5.10 Å². The van der Waals surface area contributed by atoms with Crippen LogP contribution in [0.5, 0.6) is 0 Å². The summed E-state index contributed by atoms with van der Waals surface area (Å²) in [6, 6.07) is 0.0530. The molecular weight excluding hydrogens is 218 g/mol. The van der Waals surface area contributed by atoms with E-state index in [0.29, 0.717) is 12.5 Å². The molecule has 2 rings (SSSR count). The van der Waals surface area contributed by atoms with Gasteiger partial charge in [-0.25, -0.2) is 4.98 Å². The number of H-pyrrole nitrogens is 1. The summed E-state index contributed by atoms with van der Waals surface area (Å²) in [5.74, 6) is 1.34. The summed E-state index contributed by atoms with van der Waals surface area (Å²) in [5.41, 5.74) is 5.97. The predicted molar refractivity (Wildman–Crippen MR) is 63.4 cm³/mol. The number of piperidine rings is 1. The Hall–Kier alpha value is -1.43. The van der Waals surface area contributed by atoms with Crippen LogP contribution in [0.25, 0.3) is 0 Å². The zero-order valence-corrected chi connectivity index (χ0v) is 10.3. The van der Waals surface area contributed by atoms with E-state index in [9.17, 15) is 4.79 Å². The summed E-state index contributed by atoms with van der Waals surface area (Å²) in [7, 11) is 0. The van der Waals surface area contributed by atoms with Crippen molar-refractivity contribution >= 4 is 5.91 Å². The fourth-order valence-corrected chi connectivity index (χ4v) is 1.97. The van der Waals surface area contributed by atoms with Crippen LogP contribution in [0, 0.1) is 5.92 Å². The molecule has 0 aromatic carbocycles. The molecule has 3 N–H and O–H groups in total. The molecule has 17 heavy (non-hydrogen) atoms. The number of nitrogens with two attached hydrogens (primary N) is 1. The third-order valence-corrected chi connectivity index (χ3v) is 3.36. The Morgan fingerprint density at radius 2 is 2.41 bits per heavy atom. The second-order valence-corrected chi connectivity index (χ2v) is 4.64. The lowest BCUT2D eigenvalue weighted by Crippen LogP contribution is -2.49. The maximum Gasteiger partial charge on any atom is 0.293 e. The number of aromatic nitrogens is 3. The topological polar surface area (TPSA) is 87.9 Å². The van der Waals surface area contributed by atoms with Gasteiger partial charge < -0.3 is 10.6 Å². The summed E-state index contributed by atoms with van der Waals surface area (Å²) in [4.78, 5) is 18.0. The molecule has 2 unspecified atom stereocenters. The Morgan fingerprint density at radius 1 is 1.65 bits per heavy atom. The van der Waals surface area contributed by atoms with E-state index in [4.69, 9.17) is 5.73 Å². The van der Waals surface area contributed by atoms with Crippen LogP contribution >= 0.6 is 0 Å². The molecule has 1 aromatic heterocycles. The third-order valence-electron chi connectivity index (χ3n) is 3.36. The molecule has 1 aliphatic rings. The van der Waals surface area contributed by atoms with Crippen LogP contribution in [-0.2, 0) is 6.42 Å². The van der Waals surface area contributed by atoms with Crippen molar-refractivity contribution in [2.75, 3.05) is 13.1 Å². The highest BCUT2D eigenvalue weighted by atomic mass is 16.2. The lowest BCUT2D eigenvalue weighted by atomic mass is 9.94. The van der Waals surface area contributed by atoms with Gasteiger partial charge >= 0.3 is 0 Å². The maximum absolute atomic E-state index is 12.1. The lowest BCUT2D eigenvalue weighted by Gasteiger charge is -2.34. The first-order chi connectivity index (χ1) is 8.11. The van der Waals surface area contributed by atoms with Crippen LogP contribution in [0.2, 0.25) is 0 Å². The van der Waals surface area contributed by atoms with Gasteiger partial charge in [-0.1, -0.05) is 13.8 Å². The van der Waals surface area contributed by atoms with Crippen molar-refractivity contribution in [1.82, 2.24) is 20.1 Å². The molecule has 2 atom stereocenters. The van der Waals surface area contributed by atoms with Crippen LogP contribution < -0.4 is 5.73 Å². The summed E-state index contributed by atoms with van der Waals surface area (Å²) in [5, 5.41) is 6.69. The molecule has 2 heterocycles. The van der Waals surface area contributed by atoms with Gasteiger partial charge in [0.25, 0.3) is 5.91 Å². The fourth-order valence-electron chi connectivity index (χ4n) is 1.97. The summed E-state index contributed by atoms with van der Waals surface area (Å²) in [6.07, 6.45) is 1.69. The van der Waals surface area contributed by atoms with E-state index in [0.717, 1.165) is 25.2 Å². The monoisotopic (exact) mass is 237 g/mol. The zero-order valence-electron chi connectivity index (χ0n) is 10.3. The molecule has 0 saturated carbocycles. The number of nitrogens with zero attached hydrogens (tertiary/aromatic N) is 3. The number of hydrogen-bond acceptors (Lipinski definition) is 4. The first kappa shape index (κ1) is 12.0. The maximum atomic E-state index is 12.1. The number of aryl methyl sites for hydroxylation is 1. The van der Waals surface area contributed by atoms with Crippen molar-refractivity contribution < 1.29 is 4.79 Å². The van der Waals surface area contributed by atoms with Gasteiger partial charge in [0.05, 0.1) is 0 Å². The van der Waals surface area contributed by atoms with E-state index in [1.165, 1.54) is 0 Å². The predicted octanol–water partition coefficient (Wildman–Crippen LogP) is 0.176. The number of rotatable bonds is 2. The second kappa shape index (κ2) is 4.83. The van der Waals surface area contributed by atoms with Crippen molar-refractivity contribution in [3.63, 3.8) is 0 Å². The van der Waals surface area contributed by atoms with Crippen LogP contribution in [0.3, 0.4) is 0 Å². The molecule has 1 aromatic rings. The van der Waals surface area contributed by atoms with Crippen molar-refractivity contribution in [3.05, 3.63) is 11.6 Å². The van der Waals surface area contributed by atoms with Crippen LogP contribution in [0.15, 0.2) is 0 Å². The van der Waals surface area contributed by atoms with Gasteiger partial charge in [-0.2, -0.15) is 0 Å². The number of aromatic amines is 1. The van der Waals surface area contributed by atoms with Gasteiger partial charge in [-0.05, 0) is 12.3 Å². The minimum atomic E-state index is -0.122. The number of likely N-dealkylation sites (tertiary alicyclic amines) is 1. The normalized spacial score (nSPS) is 25.0. The van der Waals surface area contributed by atoms with E-state index < -0.39 is 0 Å². The van der Waals surface area contributed by atoms with Gasteiger partial charge in [0.2, 0.25) is 5.82 Å². The molecule has 6 heteroatoms. The average molecular weight is 237 g/mol. The highest BCUT2D eigenvalue weighted by Crippen LogP contribution is 2.16. The molecule has 94 valence electrons. The molecule has 6 nitrogen and oxygen atoms in total. The summed E-state index contributed by atoms with van der Waals surface area (Å²) >= 11 is 0. The van der Waals surface area contributed by atoms with Crippen LogP contribution in [0.1, 0.15) is 36.7 Å². The molecule has 0 spiro atoms. The van der Waals surface area contributed by atoms with E-state index in [-0.39, 0.29) is 17.8 Å². The molecule has 0 bridgehead atoms. The fraction of sp³-hybridized carbons (Fsp3) is 0.727. The number of hydrogen-bond donors (Lipinski definition) is 2. The zero-order chi connectivity index (χ0) is 12.4. The number of carbonyl (C=O) groups excluding carboxylic acids is 1. The average Bonchev–Trinajstić information content (AvgIpc) is 2.80. The van der Waals surface area contributed by atoms with E-state index in [1.54, 1.807) is 4.90 Å². The van der Waals surface area contributed by atoms with Gasteiger partial charge in [0.15, 0.2) is 0 Å². The van der Waals surface area contributed by atoms with E-state index in [2.05, 4.69) is 22.1 Å². The van der Waals surface area contributed by atoms with Crippen LogP contribution in [0.4, 0.5) is 0 Å². The van der Waals surface area contributed by atoms with Crippen molar-refractivity contribution in [3.8, 4) is 0 Å². The minimum absolute atomic E-state index is 0.0530. The quantitative estimate of drug-likeness (QED) is 0.768. The Bertz CT molecular complexity index is 402. The van der Waals surface area contributed by atoms with Gasteiger partial charge in [0, 0.05) is 25.6 Å².